The molecule has 94 valence electrons. The number of amides is 1. The summed E-state index contributed by atoms with van der Waals surface area (Å²) in [5, 5.41) is 10.7. The van der Waals surface area contributed by atoms with Crippen LogP contribution in [0.1, 0.15) is 23.5 Å². The van der Waals surface area contributed by atoms with Gasteiger partial charge in [-0.15, -0.1) is 11.3 Å². The molecule has 0 aromatic carbocycles. The Labute approximate surface area is 112 Å². The van der Waals surface area contributed by atoms with E-state index in [4.69, 9.17) is 5.11 Å². The van der Waals surface area contributed by atoms with Crippen molar-refractivity contribution < 1.29 is 14.7 Å². The number of hydrogen-bond donors (Lipinski definition) is 1. The number of aliphatic carboxylic acids is 1. The van der Waals surface area contributed by atoms with Crippen LogP contribution in [-0.4, -0.2) is 35.0 Å². The molecule has 1 aromatic heterocycles. The molecule has 1 aromatic rings. The van der Waals surface area contributed by atoms with E-state index >= 15 is 0 Å². The number of carboxylic acids is 1. The summed E-state index contributed by atoms with van der Waals surface area (Å²) < 4.78 is 0.758. The first-order valence-corrected chi connectivity index (χ1v) is 6.89. The molecule has 1 atom stereocenters. The van der Waals surface area contributed by atoms with Crippen LogP contribution in [0.4, 0.5) is 0 Å². The number of carboxylic acid groups (broad SMARTS) is 1. The van der Waals surface area contributed by atoms with E-state index in [0.717, 1.165) is 4.47 Å². The van der Waals surface area contributed by atoms with E-state index in [2.05, 4.69) is 15.9 Å². The molecule has 0 fully saturated rings. The average molecular weight is 320 g/mol. The van der Waals surface area contributed by atoms with Crippen molar-refractivity contribution in [3.63, 3.8) is 0 Å². The Kier molecular flexibility index (Phi) is 5.14. The molecule has 0 aliphatic heterocycles. The average Bonchev–Trinajstić information content (AvgIpc) is 2.70. The van der Waals surface area contributed by atoms with Crippen molar-refractivity contribution in [1.82, 2.24) is 4.90 Å². The zero-order chi connectivity index (χ0) is 13.0. The topological polar surface area (TPSA) is 57.6 Å². The van der Waals surface area contributed by atoms with Gasteiger partial charge in [-0.25, -0.2) is 0 Å². The molecule has 0 aliphatic rings. The van der Waals surface area contributed by atoms with E-state index in [9.17, 15) is 9.59 Å². The molecule has 0 saturated carbocycles. The third-order valence-electron chi connectivity index (χ3n) is 2.40. The third kappa shape index (κ3) is 3.54. The molecule has 0 saturated heterocycles. The minimum atomic E-state index is -0.888. The van der Waals surface area contributed by atoms with Gasteiger partial charge >= 0.3 is 5.97 Å². The van der Waals surface area contributed by atoms with Crippen molar-refractivity contribution >= 4 is 39.1 Å². The van der Waals surface area contributed by atoms with Crippen molar-refractivity contribution in [3.8, 4) is 0 Å². The maximum absolute atomic E-state index is 12.1. The van der Waals surface area contributed by atoms with Gasteiger partial charge in [0.05, 0.1) is 5.92 Å². The Morgan fingerprint density at radius 3 is 2.65 bits per heavy atom. The summed E-state index contributed by atoms with van der Waals surface area (Å²) in [7, 11) is 0. The van der Waals surface area contributed by atoms with Crippen LogP contribution in [0.5, 0.6) is 0 Å². The largest absolute Gasteiger partial charge is 0.481 e. The predicted octanol–water partition coefficient (Wildman–Crippen LogP) is 2.69. The standard InChI is InChI=1S/C11H14BrNO3S/c1-3-13(6-7(2)11(15)16)10(14)9-8(12)4-5-17-9/h4-5,7H,3,6H2,1-2H3,(H,15,16). The Hall–Kier alpha value is -0.880. The normalized spacial score (nSPS) is 12.2. The highest BCUT2D eigenvalue weighted by Gasteiger charge is 2.22. The van der Waals surface area contributed by atoms with Crippen molar-refractivity contribution in [2.24, 2.45) is 5.92 Å². The smallest absolute Gasteiger partial charge is 0.308 e. The second-order valence-electron chi connectivity index (χ2n) is 3.68. The van der Waals surface area contributed by atoms with Crippen LogP contribution in [0.15, 0.2) is 15.9 Å². The minimum absolute atomic E-state index is 0.123. The van der Waals surface area contributed by atoms with Gasteiger partial charge in [0.25, 0.3) is 5.91 Å². The summed E-state index contributed by atoms with van der Waals surface area (Å²) in [5.74, 6) is -1.57. The second-order valence-corrected chi connectivity index (χ2v) is 5.45. The number of rotatable bonds is 5. The number of hydrogen-bond acceptors (Lipinski definition) is 3. The van der Waals surface area contributed by atoms with Crippen LogP contribution in [0.2, 0.25) is 0 Å². The molecule has 6 heteroatoms. The van der Waals surface area contributed by atoms with E-state index in [1.54, 1.807) is 11.8 Å². The van der Waals surface area contributed by atoms with E-state index in [-0.39, 0.29) is 12.5 Å². The van der Waals surface area contributed by atoms with Crippen molar-refractivity contribution in [1.29, 1.82) is 0 Å². The first kappa shape index (κ1) is 14.2. The molecule has 1 rings (SSSR count). The lowest BCUT2D eigenvalue weighted by Gasteiger charge is -2.22. The molecule has 17 heavy (non-hydrogen) atoms. The fourth-order valence-corrected chi connectivity index (χ4v) is 2.86. The maximum Gasteiger partial charge on any atom is 0.308 e. The quantitative estimate of drug-likeness (QED) is 0.907. The van der Waals surface area contributed by atoms with Gasteiger partial charge in [-0.2, -0.15) is 0 Å². The SMILES string of the molecule is CCN(CC(C)C(=O)O)C(=O)c1sccc1Br. The van der Waals surface area contributed by atoms with Gasteiger partial charge in [0.1, 0.15) is 4.88 Å². The van der Waals surface area contributed by atoms with Gasteiger partial charge in [0, 0.05) is 17.6 Å². The lowest BCUT2D eigenvalue weighted by atomic mass is 10.1. The van der Waals surface area contributed by atoms with Crippen molar-refractivity contribution in [3.05, 3.63) is 20.8 Å². The summed E-state index contributed by atoms with van der Waals surface area (Å²) in [5.41, 5.74) is 0. The van der Waals surface area contributed by atoms with Gasteiger partial charge in [0.2, 0.25) is 0 Å². The molecule has 0 spiro atoms. The third-order valence-corrected chi connectivity index (χ3v) is 4.22. The van der Waals surface area contributed by atoms with E-state index < -0.39 is 11.9 Å². The fraction of sp³-hybridized carbons (Fsp3) is 0.455. The van der Waals surface area contributed by atoms with Gasteiger partial charge in [-0.1, -0.05) is 6.92 Å². The lowest BCUT2D eigenvalue weighted by Crippen LogP contribution is -2.36. The monoisotopic (exact) mass is 319 g/mol. The van der Waals surface area contributed by atoms with E-state index in [0.29, 0.717) is 11.4 Å². The van der Waals surface area contributed by atoms with E-state index in [1.165, 1.54) is 11.3 Å². The Morgan fingerprint density at radius 1 is 1.59 bits per heavy atom. The molecule has 1 heterocycles. The number of nitrogens with zero attached hydrogens (tertiary/aromatic N) is 1. The molecule has 0 aliphatic carbocycles. The molecule has 4 nitrogen and oxygen atoms in total. The number of thiophene rings is 1. The summed E-state index contributed by atoms with van der Waals surface area (Å²) in [6.45, 7) is 4.17. The first-order chi connectivity index (χ1) is 7.97. The maximum atomic E-state index is 12.1. The Balaban J connectivity index is 2.78. The van der Waals surface area contributed by atoms with Crippen LogP contribution in [0.25, 0.3) is 0 Å². The number of carbonyl (C=O) groups excluding carboxylic acids is 1. The first-order valence-electron chi connectivity index (χ1n) is 5.22. The summed E-state index contributed by atoms with van der Waals surface area (Å²) >= 11 is 4.66. The molecular formula is C11H14BrNO3S. The molecule has 0 radical (unpaired) electrons. The molecule has 0 bridgehead atoms. The number of halogens is 1. The summed E-state index contributed by atoms with van der Waals surface area (Å²) in [6, 6.07) is 1.81. The highest BCUT2D eigenvalue weighted by atomic mass is 79.9. The van der Waals surface area contributed by atoms with Crippen molar-refractivity contribution in [2.75, 3.05) is 13.1 Å². The van der Waals surface area contributed by atoms with Gasteiger partial charge < -0.3 is 10.0 Å². The summed E-state index contributed by atoms with van der Waals surface area (Å²) in [4.78, 5) is 25.1. The molecule has 1 unspecified atom stereocenters. The van der Waals surface area contributed by atoms with Crippen LogP contribution in [-0.2, 0) is 4.79 Å². The zero-order valence-electron chi connectivity index (χ0n) is 9.64. The second kappa shape index (κ2) is 6.16. The summed E-state index contributed by atoms with van der Waals surface area (Å²) in [6.07, 6.45) is 0. The fourth-order valence-electron chi connectivity index (χ4n) is 1.35. The molecular weight excluding hydrogens is 306 g/mol. The van der Waals surface area contributed by atoms with Crippen LogP contribution in [0.3, 0.4) is 0 Å². The van der Waals surface area contributed by atoms with Crippen LogP contribution >= 0.6 is 27.3 Å². The Morgan fingerprint density at radius 2 is 2.24 bits per heavy atom. The van der Waals surface area contributed by atoms with Crippen LogP contribution < -0.4 is 0 Å². The van der Waals surface area contributed by atoms with Crippen molar-refractivity contribution in [2.45, 2.75) is 13.8 Å². The van der Waals surface area contributed by atoms with E-state index in [1.807, 2.05) is 18.4 Å². The zero-order valence-corrected chi connectivity index (χ0v) is 12.0. The number of carbonyl (C=O) groups is 2. The minimum Gasteiger partial charge on any atom is -0.481 e. The predicted molar refractivity (Wildman–Crippen MR) is 70.4 cm³/mol. The van der Waals surface area contributed by atoms with Gasteiger partial charge in [0.15, 0.2) is 0 Å². The molecule has 1 N–H and O–H groups in total. The Bertz CT molecular complexity index is 419. The lowest BCUT2D eigenvalue weighted by molar-refractivity contribution is -0.141. The van der Waals surface area contributed by atoms with Gasteiger partial charge in [-0.05, 0) is 34.3 Å². The van der Waals surface area contributed by atoms with Gasteiger partial charge in [-0.3, -0.25) is 9.59 Å². The highest BCUT2D eigenvalue weighted by Crippen LogP contribution is 2.24. The highest BCUT2D eigenvalue weighted by molar-refractivity contribution is 9.10. The molecule has 1 amide bonds. The van der Waals surface area contributed by atoms with Crippen LogP contribution in [0, 0.1) is 5.92 Å².